The summed E-state index contributed by atoms with van der Waals surface area (Å²) in [6.07, 6.45) is 1.22. The molecule has 1 unspecified atom stereocenters. The number of ether oxygens (including phenoxy) is 1. The predicted molar refractivity (Wildman–Crippen MR) is 80.3 cm³/mol. The van der Waals surface area contributed by atoms with Gasteiger partial charge in [-0.05, 0) is 25.5 Å². The van der Waals surface area contributed by atoms with Crippen molar-refractivity contribution in [3.63, 3.8) is 0 Å². The Hall–Kier alpha value is -1.69. The first-order valence-electron chi connectivity index (χ1n) is 6.49. The van der Waals surface area contributed by atoms with Gasteiger partial charge in [-0.1, -0.05) is 25.6 Å². The number of amides is 1. The van der Waals surface area contributed by atoms with E-state index in [0.717, 1.165) is 12.8 Å². The molecule has 0 saturated heterocycles. The van der Waals surface area contributed by atoms with E-state index in [1.165, 1.54) is 18.2 Å². The summed E-state index contributed by atoms with van der Waals surface area (Å²) in [7, 11) is 0. The van der Waals surface area contributed by atoms with Gasteiger partial charge in [-0.3, -0.25) is 4.79 Å². The first kappa shape index (κ1) is 16.4. The third-order valence-corrected chi connectivity index (χ3v) is 2.94. The monoisotopic (exact) mass is 298 g/mol. The molecule has 1 aromatic rings. The van der Waals surface area contributed by atoms with Crippen molar-refractivity contribution >= 4 is 23.1 Å². The van der Waals surface area contributed by atoms with Crippen molar-refractivity contribution in [2.45, 2.75) is 32.8 Å². The lowest BCUT2D eigenvalue weighted by Gasteiger charge is -2.15. The van der Waals surface area contributed by atoms with E-state index in [4.69, 9.17) is 22.7 Å². The van der Waals surface area contributed by atoms with Gasteiger partial charge in [0.05, 0.1) is 0 Å². The fourth-order valence-electron chi connectivity index (χ4n) is 1.56. The first-order chi connectivity index (χ1) is 9.45. The molecule has 0 radical (unpaired) electrons. The largest absolute Gasteiger partial charge is 0.481 e. The fraction of sp³-hybridized carbons (Fsp3) is 0.429. The molecule has 20 heavy (non-hydrogen) atoms. The van der Waals surface area contributed by atoms with Gasteiger partial charge in [0.2, 0.25) is 0 Å². The summed E-state index contributed by atoms with van der Waals surface area (Å²) in [5.41, 5.74) is 5.53. The number of benzene rings is 1. The molecule has 0 aliphatic carbocycles. The maximum Gasteiger partial charge on any atom is 0.260 e. The Kier molecular flexibility index (Phi) is 6.38. The van der Waals surface area contributed by atoms with E-state index in [0.29, 0.717) is 6.54 Å². The van der Waals surface area contributed by atoms with E-state index in [2.05, 4.69) is 5.32 Å². The molecule has 4 nitrogen and oxygen atoms in total. The van der Waals surface area contributed by atoms with Crippen molar-refractivity contribution < 1.29 is 13.9 Å². The highest BCUT2D eigenvalue weighted by molar-refractivity contribution is 7.80. The molecule has 1 rings (SSSR count). The number of nitrogens with two attached hydrogens (primary N) is 1. The zero-order valence-electron chi connectivity index (χ0n) is 11.6. The van der Waals surface area contributed by atoms with Crippen molar-refractivity contribution in [3.05, 3.63) is 29.6 Å². The third kappa shape index (κ3) is 4.77. The van der Waals surface area contributed by atoms with Gasteiger partial charge in [0.25, 0.3) is 5.91 Å². The number of unbranched alkanes of at least 4 members (excludes halogenated alkanes) is 1. The summed E-state index contributed by atoms with van der Waals surface area (Å²) in [6.45, 7) is 4.26. The number of nitrogens with one attached hydrogen (secondary N) is 1. The summed E-state index contributed by atoms with van der Waals surface area (Å²) in [6, 6.07) is 4.15. The fourth-order valence-corrected chi connectivity index (χ4v) is 1.72. The van der Waals surface area contributed by atoms with Crippen molar-refractivity contribution in [1.29, 1.82) is 0 Å². The number of carbonyl (C=O) groups is 1. The van der Waals surface area contributed by atoms with Crippen molar-refractivity contribution in [3.8, 4) is 5.75 Å². The van der Waals surface area contributed by atoms with E-state index >= 15 is 0 Å². The maximum atomic E-state index is 13.7. The molecule has 0 aromatic heterocycles. The molecule has 1 amide bonds. The van der Waals surface area contributed by atoms with Crippen LogP contribution in [0.2, 0.25) is 0 Å². The molecule has 0 fully saturated rings. The topological polar surface area (TPSA) is 64.3 Å². The molecule has 0 heterocycles. The Labute approximate surface area is 123 Å². The summed E-state index contributed by atoms with van der Waals surface area (Å²) in [5.74, 6) is -0.522. The number of carbonyl (C=O) groups excluding carboxylic acids is 1. The van der Waals surface area contributed by atoms with Gasteiger partial charge in [0.1, 0.15) is 16.6 Å². The highest BCUT2D eigenvalue weighted by atomic mass is 32.1. The second-order valence-electron chi connectivity index (χ2n) is 4.41. The number of rotatable bonds is 7. The van der Waals surface area contributed by atoms with Crippen LogP contribution in [-0.2, 0) is 4.79 Å². The average molecular weight is 298 g/mol. The van der Waals surface area contributed by atoms with Gasteiger partial charge in [-0.2, -0.15) is 0 Å². The minimum atomic E-state index is -0.693. The van der Waals surface area contributed by atoms with Gasteiger partial charge in [-0.25, -0.2) is 4.39 Å². The second kappa shape index (κ2) is 7.79. The van der Waals surface area contributed by atoms with Crippen LogP contribution < -0.4 is 15.8 Å². The smallest absolute Gasteiger partial charge is 0.260 e. The highest BCUT2D eigenvalue weighted by Crippen LogP contribution is 2.18. The Morgan fingerprint density at radius 2 is 2.25 bits per heavy atom. The number of halogens is 1. The summed E-state index contributed by atoms with van der Waals surface area (Å²) in [5, 5.41) is 2.75. The van der Waals surface area contributed by atoms with E-state index in [1.807, 2.05) is 6.92 Å². The van der Waals surface area contributed by atoms with Crippen LogP contribution >= 0.6 is 12.2 Å². The lowest BCUT2D eigenvalue weighted by atomic mass is 10.2. The van der Waals surface area contributed by atoms with Gasteiger partial charge in [-0.15, -0.1) is 0 Å². The van der Waals surface area contributed by atoms with Crippen LogP contribution in [0.15, 0.2) is 18.2 Å². The van der Waals surface area contributed by atoms with Gasteiger partial charge < -0.3 is 15.8 Å². The molecular weight excluding hydrogens is 279 g/mol. The molecular formula is C14H19FN2O2S. The predicted octanol–water partition coefficient (Wildman–Crippen LogP) is 2.14. The zero-order chi connectivity index (χ0) is 15.1. The van der Waals surface area contributed by atoms with E-state index in [9.17, 15) is 9.18 Å². The molecule has 3 N–H and O–H groups in total. The standard InChI is InChI=1S/C14H19FN2O2S/c1-3-4-7-17-14(18)9(2)19-10-5-6-11(13(16)20)12(15)8-10/h5-6,8-9H,3-4,7H2,1-2H3,(H2,16,20)(H,17,18). The minimum Gasteiger partial charge on any atom is -0.481 e. The lowest BCUT2D eigenvalue weighted by Crippen LogP contribution is -2.36. The maximum absolute atomic E-state index is 13.7. The van der Waals surface area contributed by atoms with Crippen LogP contribution in [0, 0.1) is 5.82 Å². The van der Waals surface area contributed by atoms with Crippen molar-refractivity contribution in [2.75, 3.05) is 6.54 Å². The van der Waals surface area contributed by atoms with Crippen molar-refractivity contribution in [2.24, 2.45) is 5.73 Å². The van der Waals surface area contributed by atoms with Crippen molar-refractivity contribution in [1.82, 2.24) is 5.32 Å². The molecule has 1 aromatic carbocycles. The SMILES string of the molecule is CCCCNC(=O)C(C)Oc1ccc(C(N)=S)c(F)c1. The Bertz CT molecular complexity index is 494. The quantitative estimate of drug-likeness (QED) is 0.598. The molecule has 0 aliphatic rings. The molecule has 0 bridgehead atoms. The molecule has 0 aliphatic heterocycles. The molecule has 0 spiro atoms. The van der Waals surface area contributed by atoms with Crippen LogP contribution in [0.4, 0.5) is 4.39 Å². The van der Waals surface area contributed by atoms with E-state index in [1.54, 1.807) is 6.92 Å². The Morgan fingerprint density at radius 3 is 2.80 bits per heavy atom. The van der Waals surface area contributed by atoms with Gasteiger partial charge >= 0.3 is 0 Å². The third-order valence-electron chi connectivity index (χ3n) is 2.72. The number of thiocarbonyl (C=S) groups is 1. The van der Waals surface area contributed by atoms with E-state index in [-0.39, 0.29) is 22.2 Å². The molecule has 110 valence electrons. The summed E-state index contributed by atoms with van der Waals surface area (Å²) < 4.78 is 19.0. The van der Waals surface area contributed by atoms with Gasteiger partial charge in [0, 0.05) is 18.2 Å². The first-order valence-corrected chi connectivity index (χ1v) is 6.90. The number of hydrogen-bond acceptors (Lipinski definition) is 3. The summed E-state index contributed by atoms with van der Waals surface area (Å²) in [4.78, 5) is 11.7. The Balaban J connectivity index is 2.62. The second-order valence-corrected chi connectivity index (χ2v) is 4.85. The highest BCUT2D eigenvalue weighted by Gasteiger charge is 2.15. The molecule has 6 heteroatoms. The number of hydrogen-bond donors (Lipinski definition) is 2. The van der Waals surface area contributed by atoms with Gasteiger partial charge in [0.15, 0.2) is 6.10 Å². The molecule has 1 atom stereocenters. The normalized spacial score (nSPS) is 11.8. The minimum absolute atomic E-state index is 0.0144. The zero-order valence-corrected chi connectivity index (χ0v) is 12.4. The lowest BCUT2D eigenvalue weighted by molar-refractivity contribution is -0.127. The van der Waals surface area contributed by atoms with Crippen LogP contribution in [0.5, 0.6) is 5.75 Å². The van der Waals surface area contributed by atoms with Crippen LogP contribution in [-0.4, -0.2) is 23.5 Å². The Morgan fingerprint density at radius 1 is 1.55 bits per heavy atom. The average Bonchev–Trinajstić information content (AvgIpc) is 2.38. The van der Waals surface area contributed by atoms with Crippen LogP contribution in [0.25, 0.3) is 0 Å². The molecule has 0 saturated carbocycles. The van der Waals surface area contributed by atoms with Crippen LogP contribution in [0.3, 0.4) is 0 Å². The summed E-state index contributed by atoms with van der Waals surface area (Å²) >= 11 is 4.71. The van der Waals surface area contributed by atoms with E-state index < -0.39 is 11.9 Å². The van der Waals surface area contributed by atoms with Crippen LogP contribution in [0.1, 0.15) is 32.3 Å².